The van der Waals surface area contributed by atoms with Gasteiger partial charge in [0.1, 0.15) is 0 Å². The molecule has 0 unspecified atom stereocenters. The predicted octanol–water partition coefficient (Wildman–Crippen LogP) is 4.44. The topological polar surface area (TPSA) is 66.7 Å². The molecule has 146 valence electrons. The molecule has 1 N–H and O–H groups in total. The minimum atomic E-state index is -0.331. The summed E-state index contributed by atoms with van der Waals surface area (Å²) in [6.07, 6.45) is 3.78. The Morgan fingerprint density at radius 1 is 1.21 bits per heavy atom. The highest BCUT2D eigenvalue weighted by Gasteiger charge is 2.19. The van der Waals surface area contributed by atoms with E-state index in [0.717, 1.165) is 10.7 Å². The van der Waals surface area contributed by atoms with Gasteiger partial charge in [-0.2, -0.15) is 0 Å². The lowest BCUT2D eigenvalue weighted by Gasteiger charge is -2.19. The quantitative estimate of drug-likeness (QED) is 0.603. The number of nitrogens with one attached hydrogen (secondary N) is 1. The summed E-state index contributed by atoms with van der Waals surface area (Å²) in [5.74, 6) is -0.458. The van der Waals surface area contributed by atoms with Crippen molar-refractivity contribution in [3.63, 3.8) is 0 Å². The lowest BCUT2D eigenvalue weighted by Crippen LogP contribution is -2.30. The van der Waals surface area contributed by atoms with E-state index < -0.39 is 0 Å². The number of thioether (sulfide) groups is 1. The van der Waals surface area contributed by atoms with Gasteiger partial charge in [0.05, 0.1) is 16.1 Å². The van der Waals surface area contributed by atoms with E-state index in [4.69, 9.17) is 11.6 Å². The molecule has 0 saturated heterocycles. The van der Waals surface area contributed by atoms with E-state index in [-0.39, 0.29) is 11.8 Å². The van der Waals surface area contributed by atoms with Crippen LogP contribution < -0.4 is 5.32 Å². The zero-order valence-electron chi connectivity index (χ0n) is 15.9. The summed E-state index contributed by atoms with van der Waals surface area (Å²) >= 11 is 7.78. The first-order valence-electron chi connectivity index (χ1n) is 8.91. The number of benzene rings is 1. The van der Waals surface area contributed by atoms with Gasteiger partial charge in [-0.25, -0.2) is 4.98 Å². The van der Waals surface area contributed by atoms with Gasteiger partial charge in [0.25, 0.3) is 11.8 Å². The van der Waals surface area contributed by atoms with Crippen LogP contribution in [0.15, 0.2) is 47.8 Å². The Hall–Kier alpha value is -2.51. The molecule has 2 aromatic heterocycles. The fourth-order valence-corrected chi connectivity index (χ4v) is 3.76. The normalized spacial score (nSPS) is 10.9. The van der Waals surface area contributed by atoms with Crippen LogP contribution in [0.3, 0.4) is 0 Å². The lowest BCUT2D eigenvalue weighted by atomic mass is 10.1. The van der Waals surface area contributed by atoms with Crippen molar-refractivity contribution in [1.82, 2.24) is 14.3 Å². The van der Waals surface area contributed by atoms with Gasteiger partial charge in [0.2, 0.25) is 0 Å². The van der Waals surface area contributed by atoms with E-state index in [9.17, 15) is 9.59 Å². The van der Waals surface area contributed by atoms with Crippen LogP contribution in [-0.2, 0) is 0 Å². The Kier molecular flexibility index (Phi) is 6.26. The second kappa shape index (κ2) is 8.67. The van der Waals surface area contributed by atoms with E-state index >= 15 is 0 Å². The number of amides is 2. The smallest absolute Gasteiger partial charge is 0.276 e. The van der Waals surface area contributed by atoms with Crippen molar-refractivity contribution in [1.29, 1.82) is 0 Å². The van der Waals surface area contributed by atoms with Crippen LogP contribution >= 0.6 is 23.4 Å². The zero-order chi connectivity index (χ0) is 20.3. The summed E-state index contributed by atoms with van der Waals surface area (Å²) in [6, 6.07) is 10.5. The summed E-state index contributed by atoms with van der Waals surface area (Å²) in [5, 5.41) is 3.85. The van der Waals surface area contributed by atoms with Gasteiger partial charge in [-0.1, -0.05) is 29.4 Å². The number of anilines is 1. The summed E-state index contributed by atoms with van der Waals surface area (Å²) in [7, 11) is 0. The fourth-order valence-electron chi connectivity index (χ4n) is 2.96. The van der Waals surface area contributed by atoms with Crippen LogP contribution in [-0.4, -0.2) is 45.4 Å². The van der Waals surface area contributed by atoms with Crippen molar-refractivity contribution < 1.29 is 9.59 Å². The standard InChI is InChI=1S/C20H21ClN4O2S/c1-4-24(5-2)19(27)14-10-9-13(12-15(14)21)22-18(26)17-16-8-6-7-11-25(16)20(23-17)28-3/h6-12H,4-5H2,1-3H3,(H,22,26). The number of hydrogen-bond donors (Lipinski definition) is 1. The van der Waals surface area contributed by atoms with Gasteiger partial charge in [0, 0.05) is 25.0 Å². The summed E-state index contributed by atoms with van der Waals surface area (Å²) in [5.41, 5.74) is 1.99. The minimum Gasteiger partial charge on any atom is -0.339 e. The molecule has 3 aromatic rings. The molecule has 2 heterocycles. The number of fused-ring (bicyclic) bond motifs is 1. The molecular formula is C20H21ClN4O2S. The molecular weight excluding hydrogens is 396 g/mol. The zero-order valence-corrected chi connectivity index (χ0v) is 17.5. The Labute approximate surface area is 172 Å². The van der Waals surface area contributed by atoms with Gasteiger partial charge in [-0.3, -0.25) is 14.0 Å². The summed E-state index contributed by atoms with van der Waals surface area (Å²) in [6.45, 7) is 5.05. The van der Waals surface area contributed by atoms with E-state index in [1.165, 1.54) is 11.8 Å². The molecule has 0 atom stereocenters. The van der Waals surface area contributed by atoms with Gasteiger partial charge >= 0.3 is 0 Å². The summed E-state index contributed by atoms with van der Waals surface area (Å²) in [4.78, 5) is 31.4. The molecule has 28 heavy (non-hydrogen) atoms. The Morgan fingerprint density at radius 3 is 2.61 bits per heavy atom. The van der Waals surface area contributed by atoms with E-state index in [0.29, 0.717) is 35.1 Å². The van der Waals surface area contributed by atoms with Gasteiger partial charge in [0.15, 0.2) is 10.9 Å². The Bertz CT molecular complexity index is 1030. The number of nitrogens with zero attached hydrogens (tertiary/aromatic N) is 3. The maximum Gasteiger partial charge on any atom is 0.276 e. The Balaban J connectivity index is 1.86. The number of imidazole rings is 1. The molecule has 0 fully saturated rings. The van der Waals surface area contributed by atoms with Crippen molar-refractivity contribution in [3.8, 4) is 0 Å². The molecule has 1 aromatic carbocycles. The molecule has 8 heteroatoms. The second-order valence-electron chi connectivity index (χ2n) is 6.03. The second-order valence-corrected chi connectivity index (χ2v) is 7.21. The van der Waals surface area contributed by atoms with Crippen molar-refractivity contribution >= 4 is 46.4 Å². The molecule has 0 aliphatic rings. The molecule has 0 aliphatic carbocycles. The number of rotatable bonds is 6. The van der Waals surface area contributed by atoms with Crippen LogP contribution in [0.4, 0.5) is 5.69 Å². The average Bonchev–Trinajstić information content (AvgIpc) is 3.08. The van der Waals surface area contributed by atoms with Gasteiger partial charge in [-0.05, 0) is 50.4 Å². The van der Waals surface area contributed by atoms with Crippen molar-refractivity contribution in [2.24, 2.45) is 0 Å². The third-order valence-corrected chi connectivity index (χ3v) is 5.39. The third kappa shape index (κ3) is 3.86. The van der Waals surface area contributed by atoms with Crippen molar-refractivity contribution in [3.05, 3.63) is 58.9 Å². The molecule has 0 aliphatic heterocycles. The van der Waals surface area contributed by atoms with Crippen molar-refractivity contribution in [2.75, 3.05) is 24.7 Å². The molecule has 0 spiro atoms. The molecule has 6 nitrogen and oxygen atoms in total. The van der Waals surface area contributed by atoms with Crippen LogP contribution in [0.5, 0.6) is 0 Å². The van der Waals surface area contributed by atoms with Crippen LogP contribution in [0, 0.1) is 0 Å². The maximum atomic E-state index is 12.8. The molecule has 0 bridgehead atoms. The first-order valence-corrected chi connectivity index (χ1v) is 10.5. The highest BCUT2D eigenvalue weighted by atomic mass is 35.5. The first kappa shape index (κ1) is 20.2. The average molecular weight is 417 g/mol. The van der Waals surface area contributed by atoms with Crippen LogP contribution in [0.1, 0.15) is 34.7 Å². The van der Waals surface area contributed by atoms with Crippen LogP contribution in [0.2, 0.25) is 5.02 Å². The molecule has 2 amide bonds. The first-order chi connectivity index (χ1) is 13.5. The van der Waals surface area contributed by atoms with Gasteiger partial charge < -0.3 is 10.2 Å². The van der Waals surface area contributed by atoms with E-state index in [1.54, 1.807) is 23.1 Å². The molecule has 0 saturated carbocycles. The van der Waals surface area contributed by atoms with Gasteiger partial charge in [-0.15, -0.1) is 0 Å². The highest BCUT2D eigenvalue weighted by molar-refractivity contribution is 7.98. The Morgan fingerprint density at radius 2 is 1.96 bits per heavy atom. The number of aromatic nitrogens is 2. The molecule has 0 radical (unpaired) electrons. The third-order valence-electron chi connectivity index (χ3n) is 4.42. The summed E-state index contributed by atoms with van der Waals surface area (Å²) < 4.78 is 1.87. The number of carbonyl (C=O) groups is 2. The van der Waals surface area contributed by atoms with E-state index in [2.05, 4.69) is 10.3 Å². The highest BCUT2D eigenvalue weighted by Crippen LogP contribution is 2.24. The SMILES string of the molecule is CCN(CC)C(=O)c1ccc(NC(=O)c2nc(SC)n3ccccc23)cc1Cl. The van der Waals surface area contributed by atoms with Crippen molar-refractivity contribution in [2.45, 2.75) is 19.0 Å². The van der Waals surface area contributed by atoms with E-state index in [1.807, 2.05) is 48.9 Å². The monoisotopic (exact) mass is 416 g/mol. The maximum absolute atomic E-state index is 12.8. The van der Waals surface area contributed by atoms with Crippen LogP contribution in [0.25, 0.3) is 5.52 Å². The number of carbonyl (C=O) groups excluding carboxylic acids is 2. The molecule has 3 rings (SSSR count). The lowest BCUT2D eigenvalue weighted by molar-refractivity contribution is 0.0773. The number of pyridine rings is 1. The number of halogens is 1. The predicted molar refractivity (Wildman–Crippen MR) is 114 cm³/mol. The largest absolute Gasteiger partial charge is 0.339 e. The fraction of sp³-hybridized carbons (Fsp3) is 0.250. The minimum absolute atomic E-state index is 0.127. The number of hydrogen-bond acceptors (Lipinski definition) is 4.